The van der Waals surface area contributed by atoms with Gasteiger partial charge in [0.2, 0.25) is 0 Å². The molecule has 0 aromatic heterocycles. The van der Waals surface area contributed by atoms with Gasteiger partial charge in [-0.15, -0.1) is 0 Å². The van der Waals surface area contributed by atoms with Gasteiger partial charge in [-0.1, -0.05) is 64.7 Å². The molecular weight excluding hydrogens is 287 g/mol. The minimum atomic E-state index is -3.74. The van der Waals surface area contributed by atoms with E-state index in [2.05, 4.69) is 11.1 Å². The second-order valence-corrected chi connectivity index (χ2v) is 6.11. The minimum absolute atomic E-state index is 0. The van der Waals surface area contributed by atoms with Crippen molar-refractivity contribution in [1.29, 1.82) is 0 Å². The Morgan fingerprint density at radius 1 is 0.700 bits per heavy atom. The van der Waals surface area contributed by atoms with E-state index in [1.807, 2.05) is 0 Å². The third-order valence-electron chi connectivity index (χ3n) is 2.99. The maximum atomic E-state index is 11.0. The van der Waals surface area contributed by atoms with Crippen molar-refractivity contribution in [2.45, 2.75) is 78.1 Å². The largest absolute Gasteiger partial charge is 1.00 e. The fourth-order valence-corrected chi connectivity index (χ4v) is 2.61. The summed E-state index contributed by atoms with van der Waals surface area (Å²) in [6.45, 7) is 4.22. The van der Waals surface area contributed by atoms with Crippen LogP contribution in [0.25, 0.3) is 0 Å². The van der Waals surface area contributed by atoms with Crippen LogP contribution in [0.4, 0.5) is 0 Å². The number of rotatable bonds is 14. The molecule has 0 bridgehead atoms. The van der Waals surface area contributed by atoms with Gasteiger partial charge in [0.05, 0.1) is 13.2 Å². The van der Waals surface area contributed by atoms with Gasteiger partial charge in [-0.2, -0.15) is 8.42 Å². The first-order chi connectivity index (χ1) is 9.12. The maximum Gasteiger partial charge on any atom is 1.00 e. The molecule has 0 atom stereocenters. The molecule has 0 saturated carbocycles. The summed E-state index contributed by atoms with van der Waals surface area (Å²) >= 11 is 0. The van der Waals surface area contributed by atoms with Gasteiger partial charge in [0.25, 0.3) is 0 Å². The van der Waals surface area contributed by atoms with Crippen LogP contribution < -0.4 is 29.6 Å². The molecule has 0 N–H and O–H groups in total. The average molecular weight is 317 g/mol. The summed E-state index contributed by atoms with van der Waals surface area (Å²) in [6, 6.07) is 0. The third-order valence-corrected chi connectivity index (χ3v) is 3.97. The minimum Gasteiger partial charge on any atom is -0.248 e. The van der Waals surface area contributed by atoms with Crippen LogP contribution in [0.1, 0.15) is 78.1 Å². The Morgan fingerprint density at radius 3 is 1.60 bits per heavy atom. The predicted octanol–water partition coefficient (Wildman–Crippen LogP) is 1.21. The molecule has 6 heteroatoms. The second kappa shape index (κ2) is 16.2. The second-order valence-electron chi connectivity index (χ2n) is 4.82. The smallest absolute Gasteiger partial charge is 0.248 e. The first-order valence-electron chi connectivity index (χ1n) is 7.66. The Kier molecular flexibility index (Phi) is 18.8. The molecule has 0 heterocycles. The molecule has 0 radical (unpaired) electrons. The van der Waals surface area contributed by atoms with Crippen molar-refractivity contribution >= 4 is 10.4 Å². The van der Waals surface area contributed by atoms with Crippen molar-refractivity contribution in [3.8, 4) is 0 Å². The molecule has 0 saturated heterocycles. The Morgan fingerprint density at radius 2 is 1.15 bits per heavy atom. The van der Waals surface area contributed by atoms with E-state index >= 15 is 0 Å². The molecule has 0 spiro atoms. The third kappa shape index (κ3) is 16.9. The normalized spacial score (nSPS) is 11.3. The summed E-state index contributed by atoms with van der Waals surface area (Å²) in [4.78, 5) is 0. The number of unbranched alkanes of at least 4 members (excludes halogenated alkanes) is 9. The summed E-state index contributed by atoms with van der Waals surface area (Å²) in [5.41, 5.74) is 0. The van der Waals surface area contributed by atoms with Gasteiger partial charge >= 0.3 is 40.0 Å². The van der Waals surface area contributed by atoms with Gasteiger partial charge in [-0.3, -0.25) is 0 Å². The Balaban J connectivity index is 0. The molecule has 0 aliphatic heterocycles. The summed E-state index contributed by atoms with van der Waals surface area (Å²) in [5.74, 6) is 0. The van der Waals surface area contributed by atoms with E-state index in [1.165, 1.54) is 44.9 Å². The van der Waals surface area contributed by atoms with Crippen molar-refractivity contribution in [3.63, 3.8) is 0 Å². The van der Waals surface area contributed by atoms with Crippen molar-refractivity contribution in [2.24, 2.45) is 0 Å². The van der Waals surface area contributed by atoms with E-state index in [-0.39, 0.29) is 42.8 Å². The zero-order valence-corrected chi connectivity index (χ0v) is 16.3. The summed E-state index contributed by atoms with van der Waals surface area (Å²) in [6.07, 6.45) is 12.2. The molecule has 0 unspecified atom stereocenters. The zero-order chi connectivity index (χ0) is 14.4. The molecule has 0 rings (SSSR count). The van der Waals surface area contributed by atoms with Crippen LogP contribution in [0.15, 0.2) is 0 Å². The van der Waals surface area contributed by atoms with Gasteiger partial charge in [0.1, 0.15) is 0 Å². The molecule has 20 heavy (non-hydrogen) atoms. The van der Waals surface area contributed by atoms with E-state index < -0.39 is 10.4 Å². The van der Waals surface area contributed by atoms with E-state index in [0.717, 1.165) is 19.3 Å². The van der Waals surface area contributed by atoms with Gasteiger partial charge < -0.3 is 0 Å². The molecule has 0 aromatic carbocycles. The quantitative estimate of drug-likeness (QED) is 0.357. The van der Waals surface area contributed by atoms with E-state index in [1.54, 1.807) is 6.92 Å². The standard InChI is InChI=1S/C14H30O4S.Na/c1-3-5-6-7-8-9-10-11-12-13-14-18-19(15,16)17-4-2;/h3-14H2,1-2H3;/q;+1. The monoisotopic (exact) mass is 317 g/mol. The fourth-order valence-electron chi connectivity index (χ4n) is 1.93. The summed E-state index contributed by atoms with van der Waals surface area (Å²) in [7, 11) is -3.74. The van der Waals surface area contributed by atoms with Crippen molar-refractivity contribution in [1.82, 2.24) is 0 Å². The van der Waals surface area contributed by atoms with E-state index in [0.29, 0.717) is 0 Å². The Labute approximate surface area is 147 Å². The van der Waals surface area contributed by atoms with Crippen molar-refractivity contribution in [2.75, 3.05) is 13.2 Å². The predicted molar refractivity (Wildman–Crippen MR) is 78.3 cm³/mol. The molecule has 0 fully saturated rings. The molecule has 116 valence electrons. The molecule has 4 nitrogen and oxygen atoms in total. The zero-order valence-electron chi connectivity index (χ0n) is 13.5. The molecule has 0 aromatic rings. The van der Waals surface area contributed by atoms with Gasteiger partial charge in [-0.05, 0) is 13.3 Å². The van der Waals surface area contributed by atoms with E-state index in [9.17, 15) is 8.42 Å². The SMILES string of the molecule is CCCCCCCCCCCCOS(=O)(=O)OCC.[Na+]. The molecule has 0 amide bonds. The Bertz CT molecular complexity index is 281. The van der Waals surface area contributed by atoms with Crippen LogP contribution in [-0.4, -0.2) is 21.6 Å². The van der Waals surface area contributed by atoms with Crippen LogP contribution >= 0.6 is 0 Å². The van der Waals surface area contributed by atoms with Crippen LogP contribution in [0.2, 0.25) is 0 Å². The van der Waals surface area contributed by atoms with Crippen LogP contribution in [-0.2, 0) is 18.8 Å². The number of hydrogen-bond donors (Lipinski definition) is 0. The topological polar surface area (TPSA) is 52.6 Å². The first kappa shape index (κ1) is 23.1. The summed E-state index contributed by atoms with van der Waals surface area (Å²) < 4.78 is 31.3. The maximum absolute atomic E-state index is 11.0. The van der Waals surface area contributed by atoms with Crippen LogP contribution in [0.3, 0.4) is 0 Å². The van der Waals surface area contributed by atoms with Gasteiger partial charge in [0.15, 0.2) is 0 Å². The van der Waals surface area contributed by atoms with Gasteiger partial charge in [-0.25, -0.2) is 8.37 Å². The van der Waals surface area contributed by atoms with Crippen LogP contribution in [0, 0.1) is 0 Å². The fraction of sp³-hybridized carbons (Fsp3) is 1.00. The van der Waals surface area contributed by atoms with Crippen molar-refractivity contribution in [3.05, 3.63) is 0 Å². The van der Waals surface area contributed by atoms with Crippen LogP contribution in [0.5, 0.6) is 0 Å². The molecule has 0 aliphatic rings. The first-order valence-corrected chi connectivity index (χ1v) is 8.99. The summed E-state index contributed by atoms with van der Waals surface area (Å²) in [5, 5.41) is 0. The van der Waals surface area contributed by atoms with Crippen molar-refractivity contribution < 1.29 is 46.3 Å². The molecule has 0 aliphatic carbocycles. The number of hydrogen-bond acceptors (Lipinski definition) is 4. The van der Waals surface area contributed by atoms with E-state index in [4.69, 9.17) is 4.18 Å². The Hall–Kier alpha value is 0.870. The van der Waals surface area contributed by atoms with Gasteiger partial charge in [0, 0.05) is 0 Å². The molecular formula is C14H30NaO4S+. The average Bonchev–Trinajstić information content (AvgIpc) is 2.36.